The van der Waals surface area contributed by atoms with Crippen LogP contribution in [0.15, 0.2) is 72.0 Å². The zero-order valence-corrected chi connectivity index (χ0v) is 15.2. The molecule has 0 saturated carbocycles. The number of carbonyl (C=O) groups is 1. The van der Waals surface area contributed by atoms with Crippen LogP contribution < -0.4 is 5.43 Å². The van der Waals surface area contributed by atoms with E-state index in [4.69, 9.17) is 0 Å². The van der Waals surface area contributed by atoms with Crippen LogP contribution in [0.5, 0.6) is 5.75 Å². The summed E-state index contributed by atoms with van der Waals surface area (Å²) in [4.78, 5) is 12.4. The van der Waals surface area contributed by atoms with Gasteiger partial charge in [-0.15, -0.1) is 0 Å². The first kappa shape index (κ1) is 17.5. The minimum absolute atomic E-state index is 0.0879. The number of benzene rings is 3. The summed E-state index contributed by atoms with van der Waals surface area (Å²) in [6, 6.07) is 18.7. The normalized spacial score (nSPS) is 11.2. The molecule has 6 nitrogen and oxygen atoms in total. The molecule has 138 valence electrons. The second-order valence-electron chi connectivity index (χ2n) is 6.48. The van der Waals surface area contributed by atoms with Crippen molar-refractivity contribution in [1.82, 2.24) is 15.6 Å². The number of nitrogens with zero attached hydrogens (tertiary/aromatic N) is 2. The van der Waals surface area contributed by atoms with Crippen LogP contribution in [0, 0.1) is 6.92 Å². The van der Waals surface area contributed by atoms with E-state index in [1.165, 1.54) is 11.8 Å². The Bertz CT molecular complexity index is 1180. The first-order valence-corrected chi connectivity index (χ1v) is 8.77. The van der Waals surface area contributed by atoms with E-state index >= 15 is 0 Å². The Morgan fingerprint density at radius 1 is 1.11 bits per heavy atom. The number of rotatable bonds is 4. The molecule has 1 heterocycles. The van der Waals surface area contributed by atoms with Crippen molar-refractivity contribution in [3.63, 3.8) is 0 Å². The van der Waals surface area contributed by atoms with Gasteiger partial charge in [0, 0.05) is 11.1 Å². The van der Waals surface area contributed by atoms with Gasteiger partial charge in [0.05, 0.1) is 23.7 Å². The Hall–Kier alpha value is -3.93. The van der Waals surface area contributed by atoms with Crippen LogP contribution in [-0.2, 0) is 0 Å². The first-order chi connectivity index (χ1) is 13.6. The predicted molar refractivity (Wildman–Crippen MR) is 109 cm³/mol. The molecule has 0 atom stereocenters. The number of nitrogens with one attached hydrogen (secondary N) is 2. The van der Waals surface area contributed by atoms with E-state index in [2.05, 4.69) is 20.7 Å². The molecule has 0 bridgehead atoms. The van der Waals surface area contributed by atoms with E-state index < -0.39 is 5.91 Å². The fraction of sp³-hybridized carbons (Fsp3) is 0.0455. The molecule has 3 aromatic carbocycles. The van der Waals surface area contributed by atoms with Gasteiger partial charge in [-0.25, -0.2) is 5.43 Å². The second kappa shape index (κ2) is 7.36. The van der Waals surface area contributed by atoms with E-state index in [0.717, 1.165) is 27.6 Å². The number of hydrogen-bond acceptors (Lipinski definition) is 4. The molecule has 0 aliphatic rings. The number of H-pyrrole nitrogens is 1. The van der Waals surface area contributed by atoms with E-state index in [-0.39, 0.29) is 11.3 Å². The Labute approximate surface area is 161 Å². The van der Waals surface area contributed by atoms with Crippen molar-refractivity contribution in [3.8, 4) is 17.0 Å². The zero-order valence-electron chi connectivity index (χ0n) is 15.2. The third kappa shape index (κ3) is 3.48. The maximum Gasteiger partial charge on any atom is 0.275 e. The van der Waals surface area contributed by atoms with E-state index in [0.29, 0.717) is 0 Å². The summed E-state index contributed by atoms with van der Waals surface area (Å²) >= 11 is 0. The number of aromatic nitrogens is 2. The SMILES string of the molecule is Cc1ccc(-c2[nH]ncc2/C=N/NC(=O)c2cc3ccccc3cc2O)cc1. The molecule has 0 fully saturated rings. The number of aromatic amines is 1. The molecule has 0 spiro atoms. The van der Waals surface area contributed by atoms with Gasteiger partial charge in [0.2, 0.25) is 0 Å². The molecule has 0 aliphatic carbocycles. The first-order valence-electron chi connectivity index (χ1n) is 8.77. The van der Waals surface area contributed by atoms with Crippen LogP contribution in [0.1, 0.15) is 21.5 Å². The highest BCUT2D eigenvalue weighted by molar-refractivity contribution is 6.02. The number of fused-ring (bicyclic) bond motifs is 1. The number of phenolic OH excluding ortho intramolecular Hbond substituents is 1. The van der Waals surface area contributed by atoms with Crippen molar-refractivity contribution in [1.29, 1.82) is 0 Å². The highest BCUT2D eigenvalue weighted by Gasteiger charge is 2.12. The predicted octanol–water partition coefficient (Wildman–Crippen LogP) is 4.01. The molecule has 0 radical (unpaired) electrons. The molecule has 0 saturated heterocycles. The smallest absolute Gasteiger partial charge is 0.275 e. The lowest BCUT2D eigenvalue weighted by Crippen LogP contribution is -2.17. The maximum atomic E-state index is 12.4. The van der Waals surface area contributed by atoms with Gasteiger partial charge in [0.25, 0.3) is 5.91 Å². The molecule has 4 aromatic rings. The summed E-state index contributed by atoms with van der Waals surface area (Å²) < 4.78 is 0. The van der Waals surface area contributed by atoms with Crippen molar-refractivity contribution >= 4 is 22.9 Å². The van der Waals surface area contributed by atoms with Gasteiger partial charge in [-0.05, 0) is 29.8 Å². The van der Waals surface area contributed by atoms with Gasteiger partial charge in [0.15, 0.2) is 0 Å². The van der Waals surface area contributed by atoms with E-state index in [1.807, 2.05) is 55.5 Å². The van der Waals surface area contributed by atoms with Gasteiger partial charge < -0.3 is 5.11 Å². The highest BCUT2D eigenvalue weighted by Crippen LogP contribution is 2.25. The average molecular weight is 370 g/mol. The molecule has 1 amide bonds. The number of carbonyl (C=O) groups excluding carboxylic acids is 1. The minimum atomic E-state index is -0.486. The summed E-state index contributed by atoms with van der Waals surface area (Å²) in [6.07, 6.45) is 3.16. The van der Waals surface area contributed by atoms with Crippen molar-refractivity contribution in [3.05, 3.63) is 83.6 Å². The summed E-state index contributed by atoms with van der Waals surface area (Å²) in [5.41, 5.74) is 6.32. The zero-order chi connectivity index (χ0) is 19.5. The third-order valence-electron chi connectivity index (χ3n) is 4.49. The fourth-order valence-corrected chi connectivity index (χ4v) is 2.98. The molecule has 0 unspecified atom stereocenters. The standard InChI is InChI=1S/C22H18N4O2/c1-14-6-8-15(9-7-14)21-18(12-23-25-21)13-24-26-22(28)19-10-16-4-2-3-5-17(16)11-20(19)27/h2-13,27H,1H3,(H,23,25)(H,26,28)/b24-13+. The van der Waals surface area contributed by atoms with Crippen LogP contribution in [0.4, 0.5) is 0 Å². The van der Waals surface area contributed by atoms with Crippen molar-refractivity contribution in [2.75, 3.05) is 0 Å². The van der Waals surface area contributed by atoms with Gasteiger partial charge in [-0.2, -0.15) is 10.2 Å². The monoisotopic (exact) mass is 370 g/mol. The number of phenols is 1. The van der Waals surface area contributed by atoms with Crippen LogP contribution in [-0.4, -0.2) is 27.4 Å². The largest absolute Gasteiger partial charge is 0.507 e. The summed E-state index contributed by atoms with van der Waals surface area (Å²) in [6.45, 7) is 2.02. The molecule has 4 rings (SSSR count). The van der Waals surface area contributed by atoms with E-state index in [1.54, 1.807) is 18.3 Å². The highest BCUT2D eigenvalue weighted by atomic mass is 16.3. The molecule has 28 heavy (non-hydrogen) atoms. The number of aromatic hydroxyl groups is 1. The Balaban J connectivity index is 1.53. The van der Waals surface area contributed by atoms with Crippen LogP contribution in [0.2, 0.25) is 0 Å². The summed E-state index contributed by atoms with van der Waals surface area (Å²) in [5, 5.41) is 22.9. The van der Waals surface area contributed by atoms with Gasteiger partial charge in [0.1, 0.15) is 5.75 Å². The average Bonchev–Trinajstić information content (AvgIpc) is 3.16. The quantitative estimate of drug-likeness (QED) is 0.374. The summed E-state index contributed by atoms with van der Waals surface area (Å²) in [5.74, 6) is -0.574. The van der Waals surface area contributed by atoms with Crippen LogP contribution in [0.25, 0.3) is 22.0 Å². The number of aryl methyl sites for hydroxylation is 1. The Morgan fingerprint density at radius 3 is 2.57 bits per heavy atom. The lowest BCUT2D eigenvalue weighted by atomic mass is 10.1. The molecule has 6 heteroatoms. The van der Waals surface area contributed by atoms with E-state index in [9.17, 15) is 9.90 Å². The molecule has 1 aromatic heterocycles. The van der Waals surface area contributed by atoms with Crippen molar-refractivity contribution < 1.29 is 9.90 Å². The lowest BCUT2D eigenvalue weighted by Gasteiger charge is -2.05. The molecular formula is C22H18N4O2. The van der Waals surface area contributed by atoms with Crippen molar-refractivity contribution in [2.24, 2.45) is 5.10 Å². The topological polar surface area (TPSA) is 90.4 Å². The van der Waals surface area contributed by atoms with Crippen LogP contribution >= 0.6 is 0 Å². The lowest BCUT2D eigenvalue weighted by molar-refractivity contribution is 0.0952. The second-order valence-corrected chi connectivity index (χ2v) is 6.48. The van der Waals surface area contributed by atoms with Gasteiger partial charge >= 0.3 is 0 Å². The molecule has 3 N–H and O–H groups in total. The Kier molecular flexibility index (Phi) is 4.60. The molecular weight excluding hydrogens is 352 g/mol. The number of amides is 1. The van der Waals surface area contributed by atoms with Crippen LogP contribution in [0.3, 0.4) is 0 Å². The van der Waals surface area contributed by atoms with Gasteiger partial charge in [-0.1, -0.05) is 54.1 Å². The summed E-state index contributed by atoms with van der Waals surface area (Å²) in [7, 11) is 0. The minimum Gasteiger partial charge on any atom is -0.507 e. The number of hydrogen-bond donors (Lipinski definition) is 3. The Morgan fingerprint density at radius 2 is 1.82 bits per heavy atom. The van der Waals surface area contributed by atoms with Crippen molar-refractivity contribution in [2.45, 2.75) is 6.92 Å². The maximum absolute atomic E-state index is 12.4. The third-order valence-corrected chi connectivity index (χ3v) is 4.49. The number of hydrazone groups is 1. The van der Waals surface area contributed by atoms with Gasteiger partial charge in [-0.3, -0.25) is 9.89 Å². The molecule has 0 aliphatic heterocycles. The fourth-order valence-electron chi connectivity index (χ4n) is 2.98.